The standard InChI is InChI=1S/C19H21N3O3/c23-18(24)14-7-5-13(6-8-14)17-15-3-1-2-4-16(15)20-19(21-17)22-9-11-25-12-10-22/h5-8H,1-4,9-12H2,(H,23,24). The zero-order valence-corrected chi connectivity index (χ0v) is 14.1. The maximum Gasteiger partial charge on any atom is 0.335 e. The van der Waals surface area contributed by atoms with Gasteiger partial charge in [-0.25, -0.2) is 14.8 Å². The quantitative estimate of drug-likeness (QED) is 0.926. The van der Waals surface area contributed by atoms with Crippen LogP contribution in [0.25, 0.3) is 11.3 Å². The minimum atomic E-state index is -0.912. The van der Waals surface area contributed by atoms with Gasteiger partial charge in [0.2, 0.25) is 5.95 Å². The predicted molar refractivity (Wildman–Crippen MR) is 94.1 cm³/mol. The molecule has 6 heteroatoms. The lowest BCUT2D eigenvalue weighted by Crippen LogP contribution is -2.37. The number of fused-ring (bicyclic) bond motifs is 1. The lowest BCUT2D eigenvalue weighted by atomic mass is 9.92. The molecule has 0 amide bonds. The first-order valence-corrected chi connectivity index (χ1v) is 8.78. The van der Waals surface area contributed by atoms with Crippen molar-refractivity contribution in [3.63, 3.8) is 0 Å². The van der Waals surface area contributed by atoms with Crippen molar-refractivity contribution >= 4 is 11.9 Å². The molecule has 1 N–H and O–H groups in total. The van der Waals surface area contributed by atoms with Crippen molar-refractivity contribution in [3.8, 4) is 11.3 Å². The second kappa shape index (κ2) is 6.80. The summed E-state index contributed by atoms with van der Waals surface area (Å²) in [5.41, 5.74) is 4.55. The van der Waals surface area contributed by atoms with Crippen LogP contribution in [0.4, 0.5) is 5.95 Å². The van der Waals surface area contributed by atoms with Gasteiger partial charge >= 0.3 is 5.97 Å². The highest BCUT2D eigenvalue weighted by molar-refractivity contribution is 5.88. The summed E-state index contributed by atoms with van der Waals surface area (Å²) >= 11 is 0. The van der Waals surface area contributed by atoms with Crippen LogP contribution in [0.1, 0.15) is 34.5 Å². The van der Waals surface area contributed by atoms with E-state index in [9.17, 15) is 4.79 Å². The molecule has 1 saturated heterocycles. The molecule has 0 spiro atoms. The van der Waals surface area contributed by atoms with Crippen molar-refractivity contribution in [3.05, 3.63) is 41.1 Å². The lowest BCUT2D eigenvalue weighted by molar-refractivity contribution is 0.0697. The average Bonchev–Trinajstić information content (AvgIpc) is 2.68. The minimum Gasteiger partial charge on any atom is -0.478 e. The van der Waals surface area contributed by atoms with Crippen molar-refractivity contribution in [2.24, 2.45) is 0 Å². The number of hydrogen-bond acceptors (Lipinski definition) is 5. The summed E-state index contributed by atoms with van der Waals surface area (Å²) in [5, 5.41) is 9.11. The molecule has 1 aromatic carbocycles. The molecule has 2 aliphatic rings. The van der Waals surface area contributed by atoms with Gasteiger partial charge in [0.1, 0.15) is 0 Å². The van der Waals surface area contributed by atoms with Gasteiger partial charge in [0, 0.05) is 29.9 Å². The summed E-state index contributed by atoms with van der Waals surface area (Å²) in [6, 6.07) is 6.99. The molecule has 0 saturated carbocycles. The van der Waals surface area contributed by atoms with E-state index < -0.39 is 5.97 Å². The maximum absolute atomic E-state index is 11.1. The molecule has 130 valence electrons. The van der Waals surface area contributed by atoms with E-state index in [1.165, 1.54) is 5.56 Å². The number of aromatic nitrogens is 2. The molecule has 0 atom stereocenters. The number of morpholine rings is 1. The number of benzene rings is 1. The number of aryl methyl sites for hydroxylation is 1. The van der Waals surface area contributed by atoms with Crippen LogP contribution in [0.2, 0.25) is 0 Å². The third kappa shape index (κ3) is 3.22. The van der Waals surface area contributed by atoms with E-state index in [0.29, 0.717) is 18.8 Å². The van der Waals surface area contributed by atoms with Crippen LogP contribution in [0.15, 0.2) is 24.3 Å². The van der Waals surface area contributed by atoms with E-state index in [1.807, 2.05) is 12.1 Å². The first kappa shape index (κ1) is 16.0. The Morgan fingerprint density at radius 1 is 1.04 bits per heavy atom. The summed E-state index contributed by atoms with van der Waals surface area (Å²) in [4.78, 5) is 23.0. The number of nitrogens with zero attached hydrogens (tertiary/aromatic N) is 3. The van der Waals surface area contributed by atoms with E-state index >= 15 is 0 Å². The van der Waals surface area contributed by atoms with Crippen LogP contribution in [-0.4, -0.2) is 47.3 Å². The molecule has 1 aliphatic heterocycles. The Balaban J connectivity index is 1.77. The number of carboxylic acids is 1. The largest absolute Gasteiger partial charge is 0.478 e. The van der Waals surface area contributed by atoms with Gasteiger partial charge in [0.05, 0.1) is 24.5 Å². The molecule has 0 bridgehead atoms. The molecule has 0 unspecified atom stereocenters. The van der Waals surface area contributed by atoms with E-state index in [2.05, 4.69) is 4.90 Å². The van der Waals surface area contributed by atoms with E-state index in [0.717, 1.165) is 61.7 Å². The molecule has 25 heavy (non-hydrogen) atoms. The number of ether oxygens (including phenoxy) is 1. The van der Waals surface area contributed by atoms with Crippen molar-refractivity contribution in [1.82, 2.24) is 9.97 Å². The Bertz CT molecular complexity index is 783. The number of carboxylic acid groups (broad SMARTS) is 1. The fourth-order valence-corrected chi connectivity index (χ4v) is 3.50. The summed E-state index contributed by atoms with van der Waals surface area (Å²) < 4.78 is 5.43. The van der Waals surface area contributed by atoms with Crippen LogP contribution >= 0.6 is 0 Å². The van der Waals surface area contributed by atoms with Crippen molar-refractivity contribution in [2.45, 2.75) is 25.7 Å². The van der Waals surface area contributed by atoms with E-state index in [1.54, 1.807) is 12.1 Å². The number of carbonyl (C=O) groups is 1. The molecule has 2 aromatic rings. The highest BCUT2D eigenvalue weighted by atomic mass is 16.5. The van der Waals surface area contributed by atoms with Crippen LogP contribution in [0.3, 0.4) is 0 Å². The number of aromatic carboxylic acids is 1. The highest BCUT2D eigenvalue weighted by Crippen LogP contribution is 2.31. The first-order valence-electron chi connectivity index (χ1n) is 8.78. The van der Waals surface area contributed by atoms with E-state index in [4.69, 9.17) is 19.8 Å². The van der Waals surface area contributed by atoms with Gasteiger partial charge in [-0.15, -0.1) is 0 Å². The Morgan fingerprint density at radius 3 is 2.48 bits per heavy atom. The summed E-state index contributed by atoms with van der Waals surface area (Å²) in [7, 11) is 0. The van der Waals surface area contributed by atoms with Crippen LogP contribution < -0.4 is 4.90 Å². The van der Waals surface area contributed by atoms with Crippen molar-refractivity contribution in [1.29, 1.82) is 0 Å². The fourth-order valence-electron chi connectivity index (χ4n) is 3.50. The van der Waals surface area contributed by atoms with Gasteiger partial charge in [-0.1, -0.05) is 12.1 Å². The molecule has 4 rings (SSSR count). The van der Waals surface area contributed by atoms with Crippen LogP contribution in [0.5, 0.6) is 0 Å². The molecule has 2 heterocycles. The van der Waals surface area contributed by atoms with Gasteiger partial charge in [-0.3, -0.25) is 0 Å². The van der Waals surface area contributed by atoms with E-state index in [-0.39, 0.29) is 0 Å². The van der Waals surface area contributed by atoms with Gasteiger partial charge < -0.3 is 14.7 Å². The number of anilines is 1. The molecule has 6 nitrogen and oxygen atoms in total. The number of rotatable bonds is 3. The normalized spacial score (nSPS) is 17.2. The molecule has 1 fully saturated rings. The Kier molecular flexibility index (Phi) is 4.36. The number of hydrogen-bond donors (Lipinski definition) is 1. The fraction of sp³-hybridized carbons (Fsp3) is 0.421. The third-order valence-electron chi connectivity index (χ3n) is 4.87. The second-order valence-electron chi connectivity index (χ2n) is 6.49. The summed E-state index contributed by atoms with van der Waals surface area (Å²) in [6.45, 7) is 3.00. The summed E-state index contributed by atoms with van der Waals surface area (Å²) in [6.07, 6.45) is 4.27. The van der Waals surface area contributed by atoms with Gasteiger partial charge in [-0.2, -0.15) is 0 Å². The van der Waals surface area contributed by atoms with Crippen molar-refractivity contribution in [2.75, 3.05) is 31.2 Å². The Hall–Kier alpha value is -2.47. The smallest absolute Gasteiger partial charge is 0.335 e. The summed E-state index contributed by atoms with van der Waals surface area (Å²) in [5.74, 6) is -0.147. The minimum absolute atomic E-state index is 0.292. The maximum atomic E-state index is 11.1. The lowest BCUT2D eigenvalue weighted by Gasteiger charge is -2.29. The second-order valence-corrected chi connectivity index (χ2v) is 6.49. The first-order chi connectivity index (χ1) is 12.2. The third-order valence-corrected chi connectivity index (χ3v) is 4.87. The predicted octanol–water partition coefficient (Wildman–Crippen LogP) is 2.56. The molecule has 0 radical (unpaired) electrons. The van der Waals surface area contributed by atoms with Gasteiger partial charge in [-0.05, 0) is 37.8 Å². The Morgan fingerprint density at radius 2 is 1.76 bits per heavy atom. The van der Waals surface area contributed by atoms with Crippen LogP contribution in [-0.2, 0) is 17.6 Å². The average molecular weight is 339 g/mol. The highest BCUT2D eigenvalue weighted by Gasteiger charge is 2.22. The Labute approximate surface area is 146 Å². The zero-order chi connectivity index (χ0) is 17.2. The molecular formula is C19H21N3O3. The van der Waals surface area contributed by atoms with Crippen molar-refractivity contribution < 1.29 is 14.6 Å². The topological polar surface area (TPSA) is 75.5 Å². The van der Waals surface area contributed by atoms with Crippen LogP contribution in [0, 0.1) is 0 Å². The SMILES string of the molecule is O=C(O)c1ccc(-c2nc(N3CCOCC3)nc3c2CCCC3)cc1. The monoisotopic (exact) mass is 339 g/mol. The van der Waals surface area contributed by atoms with Gasteiger partial charge in [0.15, 0.2) is 0 Å². The molecule has 1 aliphatic carbocycles. The van der Waals surface area contributed by atoms with Gasteiger partial charge in [0.25, 0.3) is 0 Å². The molecular weight excluding hydrogens is 318 g/mol. The zero-order valence-electron chi connectivity index (χ0n) is 14.1. The molecule has 1 aromatic heterocycles.